The van der Waals surface area contributed by atoms with Gasteiger partial charge in [-0.05, 0) is 74.3 Å². The summed E-state index contributed by atoms with van der Waals surface area (Å²) < 4.78 is 42.9. The highest BCUT2D eigenvalue weighted by Crippen LogP contribution is 2.46. The van der Waals surface area contributed by atoms with Crippen LogP contribution in [-0.4, -0.2) is 57.9 Å². The van der Waals surface area contributed by atoms with Gasteiger partial charge in [0.05, 0.1) is 22.9 Å². The normalized spacial score (nSPS) is 18.5. The largest absolute Gasteiger partial charge is 0.413 e. The Morgan fingerprint density at radius 2 is 1.66 bits per heavy atom. The second-order valence-electron chi connectivity index (χ2n) is 11.2. The van der Waals surface area contributed by atoms with Crippen molar-refractivity contribution in [2.24, 2.45) is 11.8 Å². The molecule has 2 aliphatic carbocycles. The number of carbonyl (C=O) groups excluding carboxylic acids is 2. The predicted molar refractivity (Wildman–Crippen MR) is 152 cm³/mol. The number of hydrogen-bond acceptors (Lipinski definition) is 5. The van der Waals surface area contributed by atoms with E-state index in [1.165, 1.54) is 19.2 Å². The minimum Gasteiger partial charge on any atom is -0.354 e. The third-order valence-corrected chi connectivity index (χ3v) is 8.28. The molecule has 3 aliphatic rings. The fourth-order valence-corrected chi connectivity index (χ4v) is 5.81. The number of aromatic nitrogens is 2. The molecule has 1 N–H and O–H groups in total. The van der Waals surface area contributed by atoms with Crippen LogP contribution >= 0.6 is 12.4 Å². The lowest BCUT2D eigenvalue weighted by Gasteiger charge is -2.36. The molecule has 3 aromatic rings. The number of alkyl halides is 3. The molecule has 3 fully saturated rings. The number of fused-ring (bicyclic) bond motifs is 1. The first-order chi connectivity index (χ1) is 19.2. The van der Waals surface area contributed by atoms with Crippen molar-refractivity contribution < 1.29 is 22.8 Å². The molecule has 0 radical (unpaired) electrons. The van der Waals surface area contributed by atoms with Gasteiger partial charge in [0, 0.05) is 49.4 Å². The number of pyridine rings is 2. The van der Waals surface area contributed by atoms with Crippen molar-refractivity contribution in [3.8, 4) is 0 Å². The van der Waals surface area contributed by atoms with Crippen LogP contribution in [0.3, 0.4) is 0 Å². The summed E-state index contributed by atoms with van der Waals surface area (Å²) in [5.74, 6) is -0.478. The maximum absolute atomic E-state index is 14.3. The molecular weight excluding hydrogens is 555 g/mol. The van der Waals surface area contributed by atoms with Gasteiger partial charge in [-0.2, -0.15) is 13.2 Å². The van der Waals surface area contributed by atoms with Crippen LogP contribution in [0.25, 0.3) is 11.0 Å². The van der Waals surface area contributed by atoms with E-state index in [2.05, 4.69) is 15.3 Å². The Morgan fingerprint density at radius 1 is 0.976 bits per heavy atom. The molecule has 3 heterocycles. The van der Waals surface area contributed by atoms with Crippen molar-refractivity contribution in [2.75, 3.05) is 25.5 Å². The molecule has 11 heteroatoms. The van der Waals surface area contributed by atoms with Gasteiger partial charge in [-0.25, -0.2) is 0 Å². The molecule has 0 unspecified atom stereocenters. The van der Waals surface area contributed by atoms with E-state index in [1.54, 1.807) is 29.4 Å². The molecule has 218 valence electrons. The SMILES string of the molecule is CN(C(=O)C1CCN(C(=O)C2CC2)CC1)[C@@H](c1ccc(Nc2cnc3cccnc3c2C2CC2)cc1)C(F)(F)F.Cl. The molecular formula is C30H33ClF3N5O2. The summed E-state index contributed by atoms with van der Waals surface area (Å²) in [5.41, 5.74) is 4.16. The van der Waals surface area contributed by atoms with Crippen molar-refractivity contribution in [2.45, 2.75) is 56.7 Å². The third kappa shape index (κ3) is 6.12. The van der Waals surface area contributed by atoms with Gasteiger partial charge in [-0.15, -0.1) is 12.4 Å². The second-order valence-corrected chi connectivity index (χ2v) is 11.2. The molecule has 1 aliphatic heterocycles. The highest BCUT2D eigenvalue weighted by Gasteiger charge is 2.46. The lowest BCUT2D eigenvalue weighted by Crippen LogP contribution is -2.47. The summed E-state index contributed by atoms with van der Waals surface area (Å²) in [5, 5.41) is 3.32. The van der Waals surface area contributed by atoms with E-state index in [0.29, 0.717) is 37.5 Å². The number of rotatable bonds is 7. The topological polar surface area (TPSA) is 78.4 Å². The Bertz CT molecular complexity index is 1420. The number of carbonyl (C=O) groups is 2. The molecule has 1 atom stereocenters. The Labute approximate surface area is 242 Å². The van der Waals surface area contributed by atoms with E-state index in [0.717, 1.165) is 52.9 Å². The molecule has 2 amide bonds. The van der Waals surface area contributed by atoms with Gasteiger partial charge in [0.25, 0.3) is 0 Å². The van der Waals surface area contributed by atoms with Crippen molar-refractivity contribution >= 4 is 46.6 Å². The minimum absolute atomic E-state index is 0. The first-order valence-electron chi connectivity index (χ1n) is 13.9. The Morgan fingerprint density at radius 3 is 2.27 bits per heavy atom. The number of likely N-dealkylation sites (tertiary alicyclic amines) is 1. The average Bonchev–Trinajstić information content (AvgIpc) is 3.87. The zero-order valence-corrected chi connectivity index (χ0v) is 23.5. The Hall–Kier alpha value is -3.40. The van der Waals surface area contributed by atoms with Crippen molar-refractivity contribution in [3.05, 3.63) is 59.9 Å². The van der Waals surface area contributed by atoms with Crippen LogP contribution in [0.5, 0.6) is 0 Å². The monoisotopic (exact) mass is 587 g/mol. The molecule has 6 rings (SSSR count). The summed E-state index contributed by atoms with van der Waals surface area (Å²) in [6, 6.07) is 7.75. The number of nitrogens with one attached hydrogen (secondary N) is 1. The van der Waals surface area contributed by atoms with Crippen LogP contribution < -0.4 is 5.32 Å². The Kier molecular flexibility index (Phi) is 8.14. The van der Waals surface area contributed by atoms with Crippen LogP contribution in [0.2, 0.25) is 0 Å². The van der Waals surface area contributed by atoms with Gasteiger partial charge < -0.3 is 15.1 Å². The van der Waals surface area contributed by atoms with Crippen LogP contribution in [-0.2, 0) is 9.59 Å². The molecule has 7 nitrogen and oxygen atoms in total. The van der Waals surface area contributed by atoms with E-state index in [1.807, 2.05) is 12.1 Å². The maximum atomic E-state index is 14.3. The molecule has 2 aromatic heterocycles. The van der Waals surface area contributed by atoms with E-state index in [4.69, 9.17) is 0 Å². The molecule has 1 saturated heterocycles. The van der Waals surface area contributed by atoms with Gasteiger partial charge in [0.15, 0.2) is 6.04 Å². The zero-order chi connectivity index (χ0) is 28.0. The third-order valence-electron chi connectivity index (χ3n) is 8.28. The van der Waals surface area contributed by atoms with Crippen molar-refractivity contribution in [1.29, 1.82) is 0 Å². The van der Waals surface area contributed by atoms with Gasteiger partial charge in [-0.3, -0.25) is 19.6 Å². The molecule has 0 spiro atoms. The number of nitrogens with zero attached hydrogens (tertiary/aromatic N) is 4. The van der Waals surface area contributed by atoms with E-state index >= 15 is 0 Å². The summed E-state index contributed by atoms with van der Waals surface area (Å²) in [6.45, 7) is 0.831. The van der Waals surface area contributed by atoms with Crippen LogP contribution in [0.4, 0.5) is 24.5 Å². The second kappa shape index (κ2) is 11.5. The summed E-state index contributed by atoms with van der Waals surface area (Å²) in [7, 11) is 1.23. The lowest BCUT2D eigenvalue weighted by atomic mass is 9.93. The van der Waals surface area contributed by atoms with Gasteiger partial charge in [0.1, 0.15) is 0 Å². The quantitative estimate of drug-likeness (QED) is 0.347. The highest BCUT2D eigenvalue weighted by molar-refractivity contribution is 5.86. The highest BCUT2D eigenvalue weighted by atomic mass is 35.5. The first kappa shape index (κ1) is 29.1. The number of anilines is 2. The molecule has 2 saturated carbocycles. The smallest absolute Gasteiger partial charge is 0.354 e. The molecule has 1 aromatic carbocycles. The molecule has 0 bridgehead atoms. The van der Waals surface area contributed by atoms with Crippen molar-refractivity contribution in [1.82, 2.24) is 19.8 Å². The minimum atomic E-state index is -4.64. The van der Waals surface area contributed by atoms with E-state index in [9.17, 15) is 22.8 Å². The lowest BCUT2D eigenvalue weighted by molar-refractivity contribution is -0.191. The van der Waals surface area contributed by atoms with Crippen molar-refractivity contribution in [3.63, 3.8) is 0 Å². The fourth-order valence-electron chi connectivity index (χ4n) is 5.81. The van der Waals surface area contributed by atoms with E-state index in [-0.39, 0.29) is 29.8 Å². The number of piperidine rings is 1. The summed E-state index contributed by atoms with van der Waals surface area (Å²) in [4.78, 5) is 37.1. The van der Waals surface area contributed by atoms with Gasteiger partial charge >= 0.3 is 6.18 Å². The summed E-state index contributed by atoms with van der Waals surface area (Å²) >= 11 is 0. The summed E-state index contributed by atoms with van der Waals surface area (Å²) in [6.07, 6.45) is 3.54. The fraction of sp³-hybridized carbons (Fsp3) is 0.467. The number of hydrogen-bond donors (Lipinski definition) is 1. The van der Waals surface area contributed by atoms with Gasteiger partial charge in [0.2, 0.25) is 11.8 Å². The number of amides is 2. The van der Waals surface area contributed by atoms with E-state index < -0.39 is 24.0 Å². The van der Waals surface area contributed by atoms with Crippen LogP contribution in [0, 0.1) is 11.8 Å². The standard InChI is InChI=1S/C30H32F3N5O2.ClH/c1-37(28(39)21-12-15-38(16-13-21)29(40)20-6-7-20)27(30(31,32)33)19-8-10-22(11-9-19)36-24-17-35-23-3-2-14-34-26(23)25(24)18-4-5-18;/h2-3,8-11,14,17-18,20-21,27,36H,4-7,12-13,15-16H2,1H3;1H/t27-;/m0./s1. The maximum Gasteiger partial charge on any atom is 0.413 e. The average molecular weight is 588 g/mol. The Balaban J connectivity index is 0.00000337. The number of benzene rings is 1. The van der Waals surface area contributed by atoms with Gasteiger partial charge in [-0.1, -0.05) is 12.1 Å². The first-order valence-corrected chi connectivity index (χ1v) is 13.9. The van der Waals surface area contributed by atoms with Crippen LogP contribution in [0.1, 0.15) is 61.6 Å². The zero-order valence-electron chi connectivity index (χ0n) is 22.7. The predicted octanol–water partition coefficient (Wildman–Crippen LogP) is 6.38. The molecule has 41 heavy (non-hydrogen) atoms. The van der Waals surface area contributed by atoms with Crippen LogP contribution in [0.15, 0.2) is 48.8 Å². The number of halogens is 4.